The summed E-state index contributed by atoms with van der Waals surface area (Å²) in [5, 5.41) is 22.5. The zero-order valence-corrected chi connectivity index (χ0v) is 19.8. The van der Waals surface area contributed by atoms with E-state index in [1.54, 1.807) is 29.8 Å². The van der Waals surface area contributed by atoms with Gasteiger partial charge in [-0.3, -0.25) is 19.3 Å². The van der Waals surface area contributed by atoms with Crippen LogP contribution in [0.1, 0.15) is 36.6 Å². The molecule has 0 saturated carbocycles. The second-order valence-electron chi connectivity index (χ2n) is 9.41. The predicted molar refractivity (Wildman–Crippen MR) is 120 cm³/mol. The van der Waals surface area contributed by atoms with Crippen molar-refractivity contribution in [3.63, 3.8) is 0 Å². The zero-order chi connectivity index (χ0) is 25.1. The van der Waals surface area contributed by atoms with E-state index >= 15 is 0 Å². The summed E-state index contributed by atoms with van der Waals surface area (Å²) in [7, 11) is 2.95. The third kappa shape index (κ3) is 2.43. The fourth-order valence-corrected chi connectivity index (χ4v) is 6.19. The molecule has 5 aliphatic rings. The number of benzene rings is 1. The number of aliphatic hydroxyl groups excluding tert-OH is 1. The van der Waals surface area contributed by atoms with Gasteiger partial charge in [0.2, 0.25) is 12.6 Å². The van der Waals surface area contributed by atoms with E-state index in [1.165, 1.54) is 14.0 Å². The number of methoxy groups -OCH3 is 1. The maximum atomic E-state index is 13.6. The van der Waals surface area contributed by atoms with Crippen molar-refractivity contribution in [3.8, 4) is 17.2 Å². The second kappa shape index (κ2) is 6.96. The summed E-state index contributed by atoms with van der Waals surface area (Å²) in [4.78, 5) is 43.6. The smallest absolute Gasteiger partial charge is 0.231 e. The number of hydrogen-bond donors (Lipinski definition) is 2. The van der Waals surface area contributed by atoms with Gasteiger partial charge < -0.3 is 29.3 Å². The number of carbonyl (C=O) groups is 3. The molecule has 0 spiro atoms. The van der Waals surface area contributed by atoms with Crippen LogP contribution in [0, 0.1) is 6.92 Å². The van der Waals surface area contributed by atoms with Crippen molar-refractivity contribution in [2.75, 3.05) is 21.0 Å². The summed E-state index contributed by atoms with van der Waals surface area (Å²) in [5.74, 6) is -0.895. The van der Waals surface area contributed by atoms with Crippen molar-refractivity contribution in [2.24, 2.45) is 0 Å². The molecule has 4 heterocycles. The molecule has 2 bridgehead atoms. The Morgan fingerprint density at radius 3 is 2.49 bits per heavy atom. The average molecular weight is 480 g/mol. The predicted octanol–water partition coefficient (Wildman–Crippen LogP) is 1.10. The van der Waals surface area contributed by atoms with Crippen LogP contribution in [-0.2, 0) is 19.1 Å². The molecular formula is C25H24N2O8. The van der Waals surface area contributed by atoms with Crippen LogP contribution in [0.4, 0.5) is 0 Å². The number of nitrogens with zero attached hydrogens (tertiary/aromatic N) is 2. The van der Waals surface area contributed by atoms with Gasteiger partial charge in [0.25, 0.3) is 0 Å². The van der Waals surface area contributed by atoms with Crippen LogP contribution in [0.2, 0.25) is 0 Å². The van der Waals surface area contributed by atoms with Gasteiger partial charge in [-0.05, 0) is 33.9 Å². The summed E-state index contributed by atoms with van der Waals surface area (Å²) in [6.07, 6.45) is 0.375. The number of allylic oxidation sites excluding steroid dienone is 2. The molecule has 35 heavy (non-hydrogen) atoms. The highest BCUT2D eigenvalue weighted by Crippen LogP contribution is 2.55. The largest absolute Gasteiger partial charge is 0.507 e. The summed E-state index contributed by atoms with van der Waals surface area (Å²) in [5.41, 5.74) is 1.99. The SMILES string of the molecule is COC1=C(C)C(=O)C2=C(C1=O)[C@@H]1C3=Cc4c(O)c(C)c5c(c4[C@H](C)N3[C@@H](O)[C@@H](C2=O)N1C)OCO5. The number of piperazine rings is 1. The van der Waals surface area contributed by atoms with Crippen molar-refractivity contribution in [1.29, 1.82) is 0 Å². The molecule has 2 N–H and O–H groups in total. The first kappa shape index (κ1) is 21.9. The molecule has 0 radical (unpaired) electrons. The lowest BCUT2D eigenvalue weighted by Crippen LogP contribution is -2.69. The van der Waals surface area contributed by atoms with Gasteiger partial charge >= 0.3 is 0 Å². The summed E-state index contributed by atoms with van der Waals surface area (Å²) < 4.78 is 16.6. The molecule has 0 amide bonds. The van der Waals surface area contributed by atoms with Crippen molar-refractivity contribution in [1.82, 2.24) is 9.80 Å². The maximum absolute atomic E-state index is 13.6. The van der Waals surface area contributed by atoms with Crippen LogP contribution in [0.5, 0.6) is 17.2 Å². The van der Waals surface area contributed by atoms with Gasteiger partial charge in [0.15, 0.2) is 35.1 Å². The Bertz CT molecular complexity index is 1370. The number of phenolic OH excluding ortho intramolecular Hbond substituents is 1. The van der Waals surface area contributed by atoms with Gasteiger partial charge in [0.1, 0.15) is 11.8 Å². The van der Waals surface area contributed by atoms with E-state index in [0.717, 1.165) is 0 Å². The number of ketones is 3. The van der Waals surface area contributed by atoms with Crippen LogP contribution in [0.15, 0.2) is 28.2 Å². The third-order valence-electron chi connectivity index (χ3n) is 7.84. The van der Waals surface area contributed by atoms with Crippen molar-refractivity contribution < 1.29 is 38.8 Å². The van der Waals surface area contributed by atoms with Crippen LogP contribution >= 0.6 is 0 Å². The Morgan fingerprint density at radius 1 is 1.11 bits per heavy atom. The van der Waals surface area contributed by atoms with Gasteiger partial charge in [0.05, 0.1) is 24.8 Å². The van der Waals surface area contributed by atoms with E-state index in [2.05, 4.69) is 0 Å². The van der Waals surface area contributed by atoms with Crippen molar-refractivity contribution in [3.05, 3.63) is 44.9 Å². The first-order chi connectivity index (χ1) is 16.6. The Kier molecular flexibility index (Phi) is 4.35. The molecule has 1 fully saturated rings. The third-order valence-corrected chi connectivity index (χ3v) is 7.84. The molecule has 1 aromatic rings. The number of phenols is 1. The number of ether oxygens (including phenoxy) is 3. The van der Waals surface area contributed by atoms with E-state index in [-0.39, 0.29) is 35.0 Å². The lowest BCUT2D eigenvalue weighted by molar-refractivity contribution is -0.145. The van der Waals surface area contributed by atoms with E-state index < -0.39 is 41.7 Å². The summed E-state index contributed by atoms with van der Waals surface area (Å²) >= 11 is 0. The molecule has 0 unspecified atom stereocenters. The highest BCUT2D eigenvalue weighted by atomic mass is 16.7. The lowest BCUT2D eigenvalue weighted by atomic mass is 9.72. The Labute approximate surface area is 200 Å². The Morgan fingerprint density at radius 2 is 1.80 bits per heavy atom. The zero-order valence-electron chi connectivity index (χ0n) is 19.8. The minimum Gasteiger partial charge on any atom is -0.507 e. The number of rotatable bonds is 1. The monoisotopic (exact) mass is 480 g/mol. The minimum atomic E-state index is -1.32. The fourth-order valence-electron chi connectivity index (χ4n) is 6.19. The highest BCUT2D eigenvalue weighted by molar-refractivity contribution is 6.37. The average Bonchev–Trinajstić information content (AvgIpc) is 3.30. The molecule has 0 aromatic heterocycles. The van der Waals surface area contributed by atoms with Crippen LogP contribution in [-0.4, -0.2) is 76.6 Å². The van der Waals surface area contributed by atoms with Gasteiger partial charge in [-0.15, -0.1) is 0 Å². The molecule has 1 aromatic carbocycles. The molecule has 1 saturated heterocycles. The Hall–Kier alpha value is -3.63. The van der Waals surface area contributed by atoms with Crippen molar-refractivity contribution in [2.45, 2.75) is 45.1 Å². The number of hydrogen-bond acceptors (Lipinski definition) is 10. The molecule has 182 valence electrons. The molecule has 4 atom stereocenters. The Balaban J connectivity index is 1.64. The lowest BCUT2D eigenvalue weighted by Gasteiger charge is -2.56. The van der Waals surface area contributed by atoms with Crippen LogP contribution < -0.4 is 9.47 Å². The molecular weight excluding hydrogens is 456 g/mol. The van der Waals surface area contributed by atoms with Gasteiger partial charge in [-0.1, -0.05) is 0 Å². The van der Waals surface area contributed by atoms with E-state index in [9.17, 15) is 24.6 Å². The number of Topliss-reactive ketones (excluding diaryl/α,β-unsaturated/α-hetero) is 3. The molecule has 1 aliphatic carbocycles. The van der Waals surface area contributed by atoms with Gasteiger partial charge in [-0.25, -0.2) is 0 Å². The van der Waals surface area contributed by atoms with E-state index in [0.29, 0.717) is 33.9 Å². The summed E-state index contributed by atoms with van der Waals surface area (Å²) in [6, 6.07) is -2.42. The topological polar surface area (TPSA) is 126 Å². The quantitative estimate of drug-likeness (QED) is 0.446. The van der Waals surface area contributed by atoms with Gasteiger partial charge in [-0.2, -0.15) is 0 Å². The number of fused-ring (bicyclic) bond motifs is 8. The maximum Gasteiger partial charge on any atom is 0.231 e. The minimum absolute atomic E-state index is 0.00270. The standard InChI is InChI=1S/C25H24N2O8/c1-8-18(28)11-6-12-16-14-15(19(29)9(2)22(33-5)21(14)31)20(30)17(26(16)4)25(32)27(12)10(3)13(11)24-23(8)34-7-35-24/h6,10,16-17,25,28,32H,7H2,1-5H3/t10-,16-,17+,25-/m0/s1. The van der Waals surface area contributed by atoms with Crippen LogP contribution in [0.25, 0.3) is 6.08 Å². The molecule has 10 heteroatoms. The number of carbonyl (C=O) groups excluding carboxylic acids is 3. The summed E-state index contributed by atoms with van der Waals surface area (Å²) in [6.45, 7) is 5.00. The first-order valence-electron chi connectivity index (χ1n) is 11.3. The van der Waals surface area contributed by atoms with E-state index in [4.69, 9.17) is 14.2 Å². The number of aromatic hydroxyl groups is 1. The normalized spacial score (nSPS) is 29.3. The van der Waals surface area contributed by atoms with Crippen LogP contribution in [0.3, 0.4) is 0 Å². The molecule has 10 nitrogen and oxygen atoms in total. The van der Waals surface area contributed by atoms with E-state index in [1.807, 2.05) is 6.92 Å². The highest BCUT2D eigenvalue weighted by Gasteiger charge is 2.58. The second-order valence-corrected chi connectivity index (χ2v) is 9.41. The number of aliphatic hydroxyl groups is 1. The van der Waals surface area contributed by atoms with Crippen molar-refractivity contribution >= 4 is 23.4 Å². The first-order valence-corrected chi connectivity index (χ1v) is 11.3. The fraction of sp³-hybridized carbons (Fsp3) is 0.400. The molecule has 4 aliphatic heterocycles. The molecule has 6 rings (SSSR count). The van der Waals surface area contributed by atoms with Gasteiger partial charge in [0, 0.05) is 33.5 Å². The number of likely N-dealkylation sites (N-methyl/N-ethyl adjacent to an activating group) is 1.